The van der Waals surface area contributed by atoms with Crippen molar-refractivity contribution < 1.29 is 19.1 Å². The second-order valence-electron chi connectivity index (χ2n) is 4.46. The number of aliphatic carboxylic acids is 1. The molecule has 0 unspecified atom stereocenters. The number of rotatable bonds is 6. The summed E-state index contributed by atoms with van der Waals surface area (Å²) >= 11 is 0. The maximum atomic E-state index is 12.9. The Hall–Kier alpha value is -2.11. The van der Waals surface area contributed by atoms with Crippen LogP contribution in [0, 0.1) is 12.7 Å². The monoisotopic (exact) mass is 282 g/mol. The van der Waals surface area contributed by atoms with Crippen molar-refractivity contribution in [2.45, 2.75) is 20.3 Å². The third kappa shape index (κ3) is 4.87. The molecule has 0 aliphatic rings. The summed E-state index contributed by atoms with van der Waals surface area (Å²) in [6.07, 6.45) is 0.572. The van der Waals surface area contributed by atoms with E-state index in [1.165, 1.54) is 17.0 Å². The van der Waals surface area contributed by atoms with Gasteiger partial charge in [0.1, 0.15) is 12.4 Å². The quantitative estimate of drug-likeness (QED) is 0.835. The van der Waals surface area contributed by atoms with E-state index in [9.17, 15) is 14.0 Å². The number of carbonyl (C=O) groups excluding carboxylic acids is 1. The summed E-state index contributed by atoms with van der Waals surface area (Å²) in [4.78, 5) is 23.5. The summed E-state index contributed by atoms with van der Waals surface area (Å²) in [6, 6.07) is 4.10. The van der Waals surface area contributed by atoms with E-state index in [0.29, 0.717) is 19.5 Å². The molecule has 0 spiro atoms. The van der Waals surface area contributed by atoms with Crippen LogP contribution in [0.3, 0.4) is 0 Å². The number of benzene rings is 1. The molecule has 20 heavy (non-hydrogen) atoms. The minimum atomic E-state index is -1.05. The number of nitrogens with zero attached hydrogens (tertiary/aromatic N) is 1. The highest BCUT2D eigenvalue weighted by molar-refractivity contribution is 5.80. The van der Waals surface area contributed by atoms with Crippen molar-refractivity contribution in [1.29, 1.82) is 0 Å². The zero-order valence-electron chi connectivity index (χ0n) is 11.6. The Labute approximate surface area is 117 Å². The summed E-state index contributed by atoms with van der Waals surface area (Å²) in [5.41, 5.74) is 1.78. The fraction of sp³-hybridized carbons (Fsp3) is 0.429. The first-order valence-electron chi connectivity index (χ1n) is 6.43. The minimum absolute atomic E-state index is 0.283. The molecule has 0 bridgehead atoms. The second kappa shape index (κ2) is 7.47. The summed E-state index contributed by atoms with van der Waals surface area (Å²) in [5.74, 6) is -1.33. The summed E-state index contributed by atoms with van der Waals surface area (Å²) in [5, 5.41) is 11.3. The van der Waals surface area contributed by atoms with Gasteiger partial charge in [0.15, 0.2) is 0 Å². The molecule has 0 radical (unpaired) electrons. The van der Waals surface area contributed by atoms with Crippen LogP contribution in [-0.2, 0) is 11.2 Å². The molecule has 5 nitrogen and oxygen atoms in total. The Morgan fingerprint density at radius 2 is 2.10 bits per heavy atom. The van der Waals surface area contributed by atoms with Crippen LogP contribution in [0.5, 0.6) is 0 Å². The smallest absolute Gasteiger partial charge is 0.323 e. The van der Waals surface area contributed by atoms with E-state index in [0.717, 1.165) is 11.1 Å². The zero-order chi connectivity index (χ0) is 15.1. The number of carbonyl (C=O) groups is 2. The zero-order valence-corrected chi connectivity index (χ0v) is 11.6. The highest BCUT2D eigenvalue weighted by Gasteiger charge is 2.14. The van der Waals surface area contributed by atoms with Gasteiger partial charge in [0.05, 0.1) is 0 Å². The third-order valence-corrected chi connectivity index (χ3v) is 2.97. The normalized spacial score (nSPS) is 10.2. The third-order valence-electron chi connectivity index (χ3n) is 2.97. The van der Waals surface area contributed by atoms with Gasteiger partial charge in [0.2, 0.25) is 0 Å². The molecule has 2 amide bonds. The largest absolute Gasteiger partial charge is 0.480 e. The fourth-order valence-electron chi connectivity index (χ4n) is 1.85. The van der Waals surface area contributed by atoms with Crippen molar-refractivity contribution in [2.75, 3.05) is 19.6 Å². The standard InChI is InChI=1S/C14H19FN2O3/c1-3-17(9-13(18)19)14(20)16-7-6-11-4-5-12(15)8-10(11)2/h4-5,8H,3,6-7,9H2,1-2H3,(H,16,20)(H,18,19). The number of likely N-dealkylation sites (N-methyl/N-ethyl adjacent to an activating group) is 1. The summed E-state index contributed by atoms with van der Waals surface area (Å²) < 4.78 is 12.9. The number of hydrogen-bond acceptors (Lipinski definition) is 2. The van der Waals surface area contributed by atoms with E-state index in [-0.39, 0.29) is 12.4 Å². The van der Waals surface area contributed by atoms with Crippen LogP contribution in [0.15, 0.2) is 18.2 Å². The highest BCUT2D eigenvalue weighted by atomic mass is 19.1. The van der Waals surface area contributed by atoms with Gasteiger partial charge in [0.25, 0.3) is 0 Å². The molecule has 110 valence electrons. The number of nitrogens with one attached hydrogen (secondary N) is 1. The molecular weight excluding hydrogens is 263 g/mol. The number of carboxylic acids is 1. The molecular formula is C14H19FN2O3. The van der Waals surface area contributed by atoms with E-state index in [4.69, 9.17) is 5.11 Å². The van der Waals surface area contributed by atoms with Crippen LogP contribution in [0.25, 0.3) is 0 Å². The van der Waals surface area contributed by atoms with Crippen molar-refractivity contribution in [3.8, 4) is 0 Å². The molecule has 6 heteroatoms. The number of hydrogen-bond donors (Lipinski definition) is 2. The molecule has 1 aromatic rings. The van der Waals surface area contributed by atoms with Crippen molar-refractivity contribution in [3.63, 3.8) is 0 Å². The van der Waals surface area contributed by atoms with Gasteiger partial charge in [0, 0.05) is 13.1 Å². The number of halogens is 1. The Balaban J connectivity index is 2.46. The van der Waals surface area contributed by atoms with E-state index < -0.39 is 12.0 Å². The van der Waals surface area contributed by atoms with Crippen LogP contribution in [0.1, 0.15) is 18.1 Å². The van der Waals surface area contributed by atoms with Gasteiger partial charge < -0.3 is 15.3 Å². The molecule has 1 rings (SSSR count). The minimum Gasteiger partial charge on any atom is -0.480 e. The average molecular weight is 282 g/mol. The van der Waals surface area contributed by atoms with Crippen molar-refractivity contribution in [3.05, 3.63) is 35.1 Å². The van der Waals surface area contributed by atoms with Gasteiger partial charge in [-0.3, -0.25) is 4.79 Å². The van der Waals surface area contributed by atoms with Crippen molar-refractivity contribution in [1.82, 2.24) is 10.2 Å². The first-order valence-corrected chi connectivity index (χ1v) is 6.43. The first-order chi connectivity index (χ1) is 9.43. The lowest BCUT2D eigenvalue weighted by Crippen LogP contribution is -2.43. The molecule has 0 heterocycles. The molecule has 0 aliphatic heterocycles. The van der Waals surface area contributed by atoms with Gasteiger partial charge in [-0.05, 0) is 43.5 Å². The van der Waals surface area contributed by atoms with Gasteiger partial charge in [-0.15, -0.1) is 0 Å². The lowest BCUT2D eigenvalue weighted by Gasteiger charge is -2.19. The van der Waals surface area contributed by atoms with E-state index >= 15 is 0 Å². The first kappa shape index (κ1) is 15.9. The molecule has 0 aromatic heterocycles. The van der Waals surface area contributed by atoms with Crippen LogP contribution < -0.4 is 5.32 Å². The predicted molar refractivity (Wildman–Crippen MR) is 73.1 cm³/mol. The van der Waals surface area contributed by atoms with Gasteiger partial charge in [-0.25, -0.2) is 9.18 Å². The van der Waals surface area contributed by atoms with Crippen molar-refractivity contribution in [2.24, 2.45) is 0 Å². The number of carboxylic acid groups (broad SMARTS) is 1. The summed E-state index contributed by atoms with van der Waals surface area (Å²) in [6.45, 7) is 3.91. The maximum Gasteiger partial charge on any atom is 0.323 e. The topological polar surface area (TPSA) is 69.6 Å². The molecule has 0 saturated heterocycles. The summed E-state index contributed by atoms with van der Waals surface area (Å²) in [7, 11) is 0. The molecule has 0 fully saturated rings. The van der Waals surface area contributed by atoms with Crippen LogP contribution in [0.2, 0.25) is 0 Å². The Morgan fingerprint density at radius 3 is 2.65 bits per heavy atom. The van der Waals surface area contributed by atoms with Crippen LogP contribution in [-0.4, -0.2) is 41.6 Å². The Morgan fingerprint density at radius 1 is 1.40 bits per heavy atom. The molecule has 2 N–H and O–H groups in total. The Bertz CT molecular complexity index is 491. The SMILES string of the molecule is CCN(CC(=O)O)C(=O)NCCc1ccc(F)cc1C. The van der Waals surface area contributed by atoms with Gasteiger partial charge in [-0.2, -0.15) is 0 Å². The number of amides is 2. The van der Waals surface area contributed by atoms with Crippen LogP contribution in [0.4, 0.5) is 9.18 Å². The Kier molecular flexibility index (Phi) is 5.96. The fourth-order valence-corrected chi connectivity index (χ4v) is 1.85. The lowest BCUT2D eigenvalue weighted by molar-refractivity contribution is -0.137. The van der Waals surface area contributed by atoms with Gasteiger partial charge >= 0.3 is 12.0 Å². The van der Waals surface area contributed by atoms with Crippen LogP contribution >= 0.6 is 0 Å². The molecule has 0 saturated carbocycles. The van der Waals surface area contributed by atoms with Gasteiger partial charge in [-0.1, -0.05) is 6.07 Å². The second-order valence-corrected chi connectivity index (χ2v) is 4.46. The number of aryl methyl sites for hydroxylation is 1. The van der Waals surface area contributed by atoms with Crippen molar-refractivity contribution >= 4 is 12.0 Å². The van der Waals surface area contributed by atoms with E-state index in [1.807, 2.05) is 6.92 Å². The van der Waals surface area contributed by atoms with E-state index in [1.54, 1.807) is 13.0 Å². The highest BCUT2D eigenvalue weighted by Crippen LogP contribution is 2.10. The molecule has 1 aromatic carbocycles. The maximum absolute atomic E-state index is 12.9. The van der Waals surface area contributed by atoms with E-state index in [2.05, 4.69) is 5.32 Å². The predicted octanol–water partition coefficient (Wildman–Crippen LogP) is 1.79. The average Bonchev–Trinajstić information content (AvgIpc) is 2.38. The molecule has 0 aliphatic carbocycles. The number of urea groups is 1. The molecule has 0 atom stereocenters. The lowest BCUT2D eigenvalue weighted by atomic mass is 10.1.